The predicted octanol–water partition coefficient (Wildman–Crippen LogP) is -15.4. The molecule has 6 aliphatic heterocycles. The molecule has 0 saturated carbocycles. The fourth-order valence-corrected chi connectivity index (χ4v) is 8.83. The van der Waals surface area contributed by atoms with Gasteiger partial charge in [-0.1, -0.05) is 0 Å². The fraction of sp³-hybridized carbons (Fsp3) is 1.00. The van der Waals surface area contributed by atoms with Gasteiger partial charge in [0.25, 0.3) is 0 Å². The highest BCUT2D eigenvalue weighted by Gasteiger charge is 2.57. The Kier molecular flexibility index (Phi) is 22.7. The molecule has 6 rings (SSSR count). The summed E-state index contributed by atoms with van der Waals surface area (Å²) in [6.45, 7) is -7.04. The van der Waals surface area contributed by atoms with E-state index in [-0.39, 0.29) is 0 Å². The molecule has 32 unspecified atom stereocenters. The van der Waals surface area contributed by atoms with E-state index in [1.54, 1.807) is 0 Å². The fourth-order valence-electron chi connectivity index (χ4n) is 8.83. The molecule has 0 aromatic rings. The van der Waals surface area contributed by atoms with Crippen LogP contribution >= 0.6 is 0 Å². The van der Waals surface area contributed by atoms with Crippen molar-refractivity contribution in [1.82, 2.24) is 0 Å². The van der Waals surface area contributed by atoms with Crippen LogP contribution in [0.15, 0.2) is 0 Å². The molecule has 0 amide bonds. The SMILES string of the molecule is OCC(O)C(O)C(OC1OC(CO)C(OC2OC(COC3OCC(O)C(O)C3O)C(OC3OC(COC4OCC(O)C(O)C4O)C(OC4OC(CO)C(O)C(O)C4O)C(O)C3O)C(O)C2O)C(O)C1O)C(O)CO. The number of aliphatic hydroxyl groups is 22. The van der Waals surface area contributed by atoms with Gasteiger partial charge in [-0.2, -0.15) is 0 Å². The van der Waals surface area contributed by atoms with Crippen LogP contribution in [0, 0.1) is 0 Å². The summed E-state index contributed by atoms with van der Waals surface area (Å²) in [7, 11) is 0. The van der Waals surface area contributed by atoms with Crippen molar-refractivity contribution < 1.29 is 169 Å². The van der Waals surface area contributed by atoms with Crippen molar-refractivity contribution in [3.05, 3.63) is 0 Å². The average molecular weight is 1090 g/mol. The van der Waals surface area contributed by atoms with Gasteiger partial charge in [-0.25, -0.2) is 0 Å². The van der Waals surface area contributed by atoms with E-state index in [2.05, 4.69) is 0 Å². The summed E-state index contributed by atoms with van der Waals surface area (Å²) in [6.07, 6.45) is -62.9. The first kappa shape index (κ1) is 61.8. The molecule has 34 heteroatoms. The summed E-state index contributed by atoms with van der Waals surface area (Å²) in [5, 5.41) is 231. The Morgan fingerprint density at radius 3 is 1.12 bits per heavy atom. The Balaban J connectivity index is 1.24. The lowest BCUT2D eigenvalue weighted by molar-refractivity contribution is -0.395. The number of hydrogen-bond acceptors (Lipinski definition) is 34. The zero-order chi connectivity index (χ0) is 54.6. The minimum Gasteiger partial charge on any atom is -0.394 e. The molecular formula is C40H70O34. The van der Waals surface area contributed by atoms with E-state index in [0.717, 1.165) is 0 Å². The van der Waals surface area contributed by atoms with E-state index < -0.39 is 249 Å². The van der Waals surface area contributed by atoms with Crippen molar-refractivity contribution in [1.29, 1.82) is 0 Å². The van der Waals surface area contributed by atoms with Gasteiger partial charge in [0.15, 0.2) is 37.7 Å². The maximum atomic E-state index is 11.7. The first-order valence-electron chi connectivity index (χ1n) is 23.4. The Morgan fingerprint density at radius 1 is 0.365 bits per heavy atom. The van der Waals surface area contributed by atoms with Gasteiger partial charge in [0, 0.05) is 0 Å². The van der Waals surface area contributed by atoms with Crippen LogP contribution in [0.2, 0.25) is 0 Å². The summed E-state index contributed by atoms with van der Waals surface area (Å²) < 4.78 is 67.4. The molecule has 0 radical (unpaired) electrons. The first-order chi connectivity index (χ1) is 35.0. The van der Waals surface area contributed by atoms with Crippen molar-refractivity contribution in [3.63, 3.8) is 0 Å². The highest BCUT2D eigenvalue weighted by atomic mass is 16.8. The van der Waals surface area contributed by atoms with E-state index in [1.165, 1.54) is 0 Å². The molecule has 6 saturated heterocycles. The zero-order valence-corrected chi connectivity index (χ0v) is 38.9. The lowest BCUT2D eigenvalue weighted by Gasteiger charge is -2.49. The van der Waals surface area contributed by atoms with Gasteiger partial charge in [-0.05, 0) is 0 Å². The van der Waals surface area contributed by atoms with Gasteiger partial charge in [0.1, 0.15) is 159 Å². The van der Waals surface area contributed by atoms with Crippen LogP contribution in [0.5, 0.6) is 0 Å². The van der Waals surface area contributed by atoms with E-state index in [4.69, 9.17) is 56.8 Å². The second kappa shape index (κ2) is 27.2. The van der Waals surface area contributed by atoms with E-state index in [0.29, 0.717) is 0 Å². The van der Waals surface area contributed by atoms with Crippen LogP contribution in [0.1, 0.15) is 0 Å². The smallest absolute Gasteiger partial charge is 0.187 e. The Hall–Kier alpha value is -1.36. The van der Waals surface area contributed by atoms with Crippen molar-refractivity contribution >= 4 is 0 Å². The molecule has 6 heterocycles. The molecule has 0 aliphatic carbocycles. The average Bonchev–Trinajstić information content (AvgIpc) is 3.39. The van der Waals surface area contributed by atoms with Crippen LogP contribution in [-0.4, -0.2) is 362 Å². The highest BCUT2D eigenvalue weighted by molar-refractivity contribution is 4.99. The molecule has 32 atom stereocenters. The number of aliphatic hydroxyl groups excluding tert-OH is 22. The maximum Gasteiger partial charge on any atom is 0.187 e. The zero-order valence-electron chi connectivity index (χ0n) is 38.9. The minimum atomic E-state index is -2.32. The summed E-state index contributed by atoms with van der Waals surface area (Å²) in [5.41, 5.74) is 0. The van der Waals surface area contributed by atoms with Gasteiger partial charge in [0.2, 0.25) is 0 Å². The number of ether oxygens (including phenoxy) is 12. The highest BCUT2D eigenvalue weighted by Crippen LogP contribution is 2.36. The Morgan fingerprint density at radius 2 is 0.716 bits per heavy atom. The van der Waals surface area contributed by atoms with Crippen LogP contribution in [-0.2, 0) is 56.8 Å². The van der Waals surface area contributed by atoms with Gasteiger partial charge in [-0.3, -0.25) is 0 Å². The molecule has 34 nitrogen and oxygen atoms in total. The second-order valence-corrected chi connectivity index (χ2v) is 18.5. The van der Waals surface area contributed by atoms with Gasteiger partial charge >= 0.3 is 0 Å². The third-order valence-corrected chi connectivity index (χ3v) is 13.4. The Labute approximate surface area is 418 Å². The van der Waals surface area contributed by atoms with Gasteiger partial charge in [0.05, 0.1) is 52.9 Å². The first-order valence-corrected chi connectivity index (χ1v) is 23.4. The molecule has 434 valence electrons. The van der Waals surface area contributed by atoms with Crippen LogP contribution in [0.25, 0.3) is 0 Å². The summed E-state index contributed by atoms with van der Waals surface area (Å²) in [4.78, 5) is 0. The van der Waals surface area contributed by atoms with E-state index in [1.807, 2.05) is 0 Å². The third-order valence-electron chi connectivity index (χ3n) is 13.4. The molecule has 22 N–H and O–H groups in total. The quantitative estimate of drug-likeness (QED) is 0.0507. The molecule has 0 bridgehead atoms. The van der Waals surface area contributed by atoms with Crippen LogP contribution in [0.4, 0.5) is 0 Å². The monoisotopic (exact) mass is 1090 g/mol. The molecule has 0 aromatic carbocycles. The third kappa shape index (κ3) is 13.6. The van der Waals surface area contributed by atoms with Crippen molar-refractivity contribution in [2.24, 2.45) is 0 Å². The normalized spacial score (nSPS) is 49.2. The van der Waals surface area contributed by atoms with Crippen molar-refractivity contribution in [3.8, 4) is 0 Å². The summed E-state index contributed by atoms with van der Waals surface area (Å²) in [5.74, 6) is 0. The second-order valence-electron chi connectivity index (χ2n) is 18.5. The minimum absolute atomic E-state index is 0.548. The lowest BCUT2D eigenvalue weighted by Crippen LogP contribution is -2.68. The topological polar surface area (TPSA) is 556 Å². The lowest BCUT2D eigenvalue weighted by atomic mass is 9.95. The number of hydrogen-bond donors (Lipinski definition) is 22. The number of rotatable bonds is 21. The molecule has 6 aliphatic rings. The maximum absolute atomic E-state index is 11.7. The molecule has 0 aromatic heterocycles. The summed E-state index contributed by atoms with van der Waals surface area (Å²) >= 11 is 0. The predicted molar refractivity (Wildman–Crippen MR) is 222 cm³/mol. The molecular weight excluding hydrogens is 1020 g/mol. The van der Waals surface area contributed by atoms with E-state index in [9.17, 15) is 112 Å². The van der Waals surface area contributed by atoms with Gasteiger partial charge in [-0.15, -0.1) is 0 Å². The molecule has 74 heavy (non-hydrogen) atoms. The standard InChI is InChI=1S/C40H70O34/c41-1-9(45)19(51)31(10(46)2-42)71-38-28(60)22(54)32(14(4-44)68-38)72-39-29(61)23(55)34(16(69-39)8-66-36-26(58)18(50)12(48)6-64-36)74-40-30(62)24(56)33(73-37-27(59)21(53)20(52)13(3-43)67-37)15(70-40)7-65-35-25(57)17(49)11(47)5-63-35/h9-62H,1-8H2. The van der Waals surface area contributed by atoms with Crippen LogP contribution in [0.3, 0.4) is 0 Å². The molecule has 6 fully saturated rings. The van der Waals surface area contributed by atoms with E-state index >= 15 is 0 Å². The van der Waals surface area contributed by atoms with Crippen LogP contribution < -0.4 is 0 Å². The summed E-state index contributed by atoms with van der Waals surface area (Å²) in [6, 6.07) is 0. The largest absolute Gasteiger partial charge is 0.394 e. The van der Waals surface area contributed by atoms with Crippen molar-refractivity contribution in [2.45, 2.75) is 196 Å². The van der Waals surface area contributed by atoms with Gasteiger partial charge < -0.3 is 169 Å². The Bertz CT molecular complexity index is 1660. The van der Waals surface area contributed by atoms with Crippen molar-refractivity contribution in [2.75, 3.05) is 52.9 Å². The molecule has 0 spiro atoms.